The molecule has 0 aliphatic heterocycles. The minimum atomic E-state index is -0.479. The molecule has 0 spiro atoms. The van der Waals surface area contributed by atoms with Crippen LogP contribution in [0.5, 0.6) is 0 Å². The number of alkyl halides is 1. The summed E-state index contributed by atoms with van der Waals surface area (Å²) >= 11 is 8.01. The fraction of sp³-hybridized carbons (Fsp3) is 0.400. The molecule has 2 aromatic rings. The molecule has 1 heterocycles. The van der Waals surface area contributed by atoms with Crippen molar-refractivity contribution in [3.05, 3.63) is 41.0 Å². The van der Waals surface area contributed by atoms with Crippen LogP contribution >= 0.6 is 34.2 Å². The van der Waals surface area contributed by atoms with Gasteiger partial charge in [-0.05, 0) is 35.5 Å². The van der Waals surface area contributed by atoms with Crippen LogP contribution in [-0.2, 0) is 11.2 Å². The Morgan fingerprint density at radius 3 is 2.90 bits per heavy atom. The lowest BCUT2D eigenvalue weighted by atomic mass is 10.2. The van der Waals surface area contributed by atoms with Crippen LogP contribution in [0.2, 0.25) is 5.02 Å². The normalized spacial score (nSPS) is 11.0. The first-order valence-electron chi connectivity index (χ1n) is 6.74. The summed E-state index contributed by atoms with van der Waals surface area (Å²) in [4.78, 5) is 4.33. The van der Waals surface area contributed by atoms with Crippen LogP contribution in [0.25, 0.3) is 11.5 Å². The highest BCUT2D eigenvalue weighted by Crippen LogP contribution is 2.23. The average Bonchev–Trinajstić information content (AvgIpc) is 2.94. The Bertz CT molecular complexity index is 577. The van der Waals surface area contributed by atoms with Gasteiger partial charge in [0.2, 0.25) is 5.89 Å². The zero-order chi connectivity index (χ0) is 15.1. The van der Waals surface area contributed by atoms with Crippen LogP contribution in [0, 0.1) is 5.82 Å². The Morgan fingerprint density at radius 1 is 1.29 bits per heavy atom. The van der Waals surface area contributed by atoms with E-state index in [0.717, 1.165) is 23.1 Å². The number of hydrogen-bond acceptors (Lipinski definition) is 3. The first-order chi connectivity index (χ1) is 10.2. The van der Waals surface area contributed by atoms with E-state index >= 15 is 0 Å². The summed E-state index contributed by atoms with van der Waals surface area (Å²) in [5.41, 5.74) is 1.38. The van der Waals surface area contributed by atoms with E-state index in [1.54, 1.807) is 12.3 Å². The van der Waals surface area contributed by atoms with Crippen molar-refractivity contribution in [1.82, 2.24) is 4.98 Å². The van der Waals surface area contributed by atoms with Gasteiger partial charge in [-0.15, -0.1) is 0 Å². The van der Waals surface area contributed by atoms with E-state index in [1.165, 1.54) is 18.6 Å². The number of halogens is 3. The lowest BCUT2D eigenvalue weighted by Crippen LogP contribution is -2.00. The third-order valence-corrected chi connectivity index (χ3v) is 3.96. The summed E-state index contributed by atoms with van der Waals surface area (Å²) in [7, 11) is 0. The molecular formula is C15H16ClFINO2. The maximum absolute atomic E-state index is 13.4. The van der Waals surface area contributed by atoms with Gasteiger partial charge in [0, 0.05) is 18.6 Å². The fourth-order valence-corrected chi connectivity index (χ4v) is 2.42. The molecule has 2 rings (SSSR count). The molecule has 1 aromatic heterocycles. The van der Waals surface area contributed by atoms with Crippen molar-refractivity contribution in [2.24, 2.45) is 0 Å². The van der Waals surface area contributed by atoms with Crippen molar-refractivity contribution in [2.45, 2.75) is 19.3 Å². The molecule has 3 nitrogen and oxygen atoms in total. The maximum atomic E-state index is 13.4. The first-order valence-corrected chi connectivity index (χ1v) is 8.64. The fourth-order valence-electron chi connectivity index (χ4n) is 1.76. The number of rotatable bonds is 8. The van der Waals surface area contributed by atoms with Gasteiger partial charge in [0.1, 0.15) is 12.1 Å². The van der Waals surface area contributed by atoms with Crippen LogP contribution in [0.15, 0.2) is 28.9 Å². The monoisotopic (exact) mass is 423 g/mol. The molecule has 0 aliphatic carbocycles. The predicted octanol–water partition coefficient (Wildman–Crippen LogP) is 4.91. The van der Waals surface area contributed by atoms with Gasteiger partial charge in [-0.3, -0.25) is 0 Å². The van der Waals surface area contributed by atoms with Crippen molar-refractivity contribution in [1.29, 1.82) is 0 Å². The van der Waals surface area contributed by atoms with Gasteiger partial charge in [0.15, 0.2) is 0 Å². The Morgan fingerprint density at radius 2 is 2.14 bits per heavy atom. The first kappa shape index (κ1) is 16.7. The minimum Gasteiger partial charge on any atom is -0.444 e. The van der Waals surface area contributed by atoms with Crippen LogP contribution in [0.3, 0.4) is 0 Å². The summed E-state index contributed by atoms with van der Waals surface area (Å²) in [6.45, 7) is 1.39. The summed E-state index contributed by atoms with van der Waals surface area (Å²) in [6.07, 6.45) is 4.52. The standard InChI is InChI=1S/C15H16ClFINO2/c16-13-4-3-11(9-14(13)17)15-19-12(10-21-15)5-8-20-7-2-1-6-18/h3-4,9-10H,1-2,5-8H2. The molecule has 0 amide bonds. The van der Waals surface area contributed by atoms with Gasteiger partial charge >= 0.3 is 0 Å². The average molecular weight is 424 g/mol. The second-order valence-electron chi connectivity index (χ2n) is 4.53. The highest BCUT2D eigenvalue weighted by atomic mass is 127. The molecule has 0 bridgehead atoms. The highest BCUT2D eigenvalue weighted by molar-refractivity contribution is 14.1. The number of ether oxygens (including phenoxy) is 1. The topological polar surface area (TPSA) is 35.3 Å². The van der Waals surface area contributed by atoms with Crippen molar-refractivity contribution in [3.63, 3.8) is 0 Å². The molecule has 0 N–H and O–H groups in total. The van der Waals surface area contributed by atoms with E-state index < -0.39 is 5.82 Å². The van der Waals surface area contributed by atoms with Crippen molar-refractivity contribution in [3.8, 4) is 11.5 Å². The van der Waals surface area contributed by atoms with Crippen LogP contribution in [0.4, 0.5) is 4.39 Å². The highest BCUT2D eigenvalue weighted by Gasteiger charge is 2.09. The molecule has 21 heavy (non-hydrogen) atoms. The largest absolute Gasteiger partial charge is 0.444 e. The predicted molar refractivity (Wildman–Crippen MR) is 89.6 cm³/mol. The Hall–Kier alpha value is -0.660. The second-order valence-corrected chi connectivity index (χ2v) is 6.02. The zero-order valence-electron chi connectivity index (χ0n) is 11.4. The number of unbranched alkanes of at least 4 members (excludes halogenated alkanes) is 1. The quantitative estimate of drug-likeness (QED) is 0.344. The summed E-state index contributed by atoms with van der Waals surface area (Å²) in [5.74, 6) is -0.0852. The number of benzene rings is 1. The molecule has 0 saturated carbocycles. The third kappa shape index (κ3) is 5.23. The van der Waals surface area contributed by atoms with Crippen molar-refractivity contribution >= 4 is 34.2 Å². The number of hydrogen-bond donors (Lipinski definition) is 0. The van der Waals surface area contributed by atoms with E-state index in [1.807, 2.05) is 0 Å². The Balaban J connectivity index is 1.85. The minimum absolute atomic E-state index is 0.0884. The van der Waals surface area contributed by atoms with E-state index in [2.05, 4.69) is 27.6 Å². The molecule has 0 saturated heterocycles. The Kier molecular flexibility index (Phi) is 6.92. The van der Waals surface area contributed by atoms with E-state index in [4.69, 9.17) is 20.8 Å². The molecule has 6 heteroatoms. The molecule has 0 unspecified atom stereocenters. The van der Waals surface area contributed by atoms with Crippen molar-refractivity contribution < 1.29 is 13.5 Å². The third-order valence-electron chi connectivity index (χ3n) is 2.89. The van der Waals surface area contributed by atoms with Crippen molar-refractivity contribution in [2.75, 3.05) is 17.6 Å². The lowest BCUT2D eigenvalue weighted by Gasteiger charge is -2.01. The van der Waals surface area contributed by atoms with Gasteiger partial charge in [0.05, 0.1) is 17.3 Å². The second kappa shape index (κ2) is 8.70. The smallest absolute Gasteiger partial charge is 0.226 e. The maximum Gasteiger partial charge on any atom is 0.226 e. The van der Waals surface area contributed by atoms with Crippen LogP contribution < -0.4 is 0 Å². The van der Waals surface area contributed by atoms with E-state index in [0.29, 0.717) is 24.5 Å². The zero-order valence-corrected chi connectivity index (χ0v) is 14.4. The molecule has 0 fully saturated rings. The molecule has 114 valence electrons. The van der Waals surface area contributed by atoms with E-state index in [9.17, 15) is 4.39 Å². The van der Waals surface area contributed by atoms with Gasteiger partial charge < -0.3 is 9.15 Å². The molecule has 0 aliphatic rings. The van der Waals surface area contributed by atoms with Crippen LogP contribution in [-0.4, -0.2) is 22.6 Å². The summed E-state index contributed by atoms with van der Waals surface area (Å²) < 4.78 is 25.4. The Labute approximate surface area is 142 Å². The molecule has 1 aromatic carbocycles. The number of aromatic nitrogens is 1. The molecular weight excluding hydrogens is 408 g/mol. The SMILES string of the molecule is Fc1cc(-c2nc(CCOCCCCI)co2)ccc1Cl. The van der Waals surface area contributed by atoms with Crippen LogP contribution in [0.1, 0.15) is 18.5 Å². The number of oxazole rings is 1. The molecule has 0 atom stereocenters. The molecule has 0 radical (unpaired) electrons. The van der Waals surface area contributed by atoms with Gasteiger partial charge in [-0.2, -0.15) is 0 Å². The number of nitrogens with zero attached hydrogens (tertiary/aromatic N) is 1. The van der Waals surface area contributed by atoms with Gasteiger partial charge in [-0.25, -0.2) is 9.37 Å². The van der Waals surface area contributed by atoms with Gasteiger partial charge in [0.25, 0.3) is 0 Å². The van der Waals surface area contributed by atoms with E-state index in [-0.39, 0.29) is 5.02 Å². The van der Waals surface area contributed by atoms with Gasteiger partial charge in [-0.1, -0.05) is 34.2 Å². The summed E-state index contributed by atoms with van der Waals surface area (Å²) in [5, 5.41) is 0.0884. The summed E-state index contributed by atoms with van der Waals surface area (Å²) in [6, 6.07) is 4.49. The lowest BCUT2D eigenvalue weighted by molar-refractivity contribution is 0.134.